The van der Waals surface area contributed by atoms with Crippen molar-refractivity contribution in [2.45, 2.75) is 111 Å². The number of rotatable bonds is 11. The van der Waals surface area contributed by atoms with Gasteiger partial charge in [0.2, 0.25) is 11.8 Å². The van der Waals surface area contributed by atoms with Crippen molar-refractivity contribution in [2.24, 2.45) is 17.3 Å². The molecule has 6 bridgehead atoms. The number of phenolic OH excluding ortho intramolecular Hbond substituents is 1. The molecule has 8 rings (SSSR count). The Bertz CT molecular complexity index is 2810. The summed E-state index contributed by atoms with van der Waals surface area (Å²) in [5.74, 6) is -3.96. The van der Waals surface area contributed by atoms with Gasteiger partial charge < -0.3 is 29.4 Å². The number of nitrogens with zero attached hydrogens (tertiary/aromatic N) is 6. The number of phenols is 1. The van der Waals surface area contributed by atoms with Crippen LogP contribution in [0.4, 0.5) is 0 Å². The predicted molar refractivity (Wildman–Crippen MR) is 262 cm³/mol. The van der Waals surface area contributed by atoms with Crippen molar-refractivity contribution in [3.63, 3.8) is 0 Å². The number of benzene rings is 2. The van der Waals surface area contributed by atoms with Crippen LogP contribution >= 0.6 is 0 Å². The second-order valence-electron chi connectivity index (χ2n) is 20.2. The first-order chi connectivity index (χ1) is 33.3. The second kappa shape index (κ2) is 20.1. The van der Waals surface area contributed by atoms with Crippen molar-refractivity contribution in [1.82, 2.24) is 38.8 Å². The number of esters is 2. The lowest BCUT2D eigenvalue weighted by atomic mass is 9.84. The lowest BCUT2D eigenvalue weighted by Gasteiger charge is -2.37. The number of hydrogen-bond acceptors (Lipinski definition) is 12. The highest BCUT2D eigenvalue weighted by molar-refractivity contribution is 7.87. The molecular formula is C51H66N8O10S. The summed E-state index contributed by atoms with van der Waals surface area (Å²) in [5, 5.41) is 16.7. The van der Waals surface area contributed by atoms with Crippen LogP contribution in [0.3, 0.4) is 0 Å². The maximum absolute atomic E-state index is 14.8. The van der Waals surface area contributed by atoms with Gasteiger partial charge in [0.1, 0.15) is 29.9 Å². The summed E-state index contributed by atoms with van der Waals surface area (Å²) < 4.78 is 42.0. The fourth-order valence-corrected chi connectivity index (χ4v) is 12.3. The first-order valence-electron chi connectivity index (χ1n) is 24.3. The Morgan fingerprint density at radius 3 is 2.53 bits per heavy atom. The maximum Gasteiger partial charge on any atom is 0.325 e. The highest BCUT2D eigenvalue weighted by atomic mass is 32.2. The van der Waals surface area contributed by atoms with Crippen molar-refractivity contribution >= 4 is 50.8 Å². The van der Waals surface area contributed by atoms with Crippen molar-refractivity contribution < 1.29 is 47.0 Å². The molecule has 1 unspecified atom stereocenters. The van der Waals surface area contributed by atoms with E-state index in [2.05, 4.69) is 66.2 Å². The smallest absolute Gasteiger partial charge is 0.325 e. The zero-order valence-corrected chi connectivity index (χ0v) is 42.2. The minimum Gasteiger partial charge on any atom is -0.508 e. The summed E-state index contributed by atoms with van der Waals surface area (Å²) in [6.45, 7) is 12.9. The number of aryl methyl sites for hydroxylation is 2. The van der Waals surface area contributed by atoms with Crippen LogP contribution < -0.4 is 10.7 Å². The van der Waals surface area contributed by atoms with Gasteiger partial charge in [0, 0.05) is 80.5 Å². The maximum atomic E-state index is 14.8. The quantitative estimate of drug-likeness (QED) is 0.143. The van der Waals surface area contributed by atoms with Gasteiger partial charge in [-0.3, -0.25) is 34.0 Å². The summed E-state index contributed by atoms with van der Waals surface area (Å²) in [5.41, 5.74) is 9.99. The molecule has 3 N–H and O–H groups in total. The normalized spacial score (nSPS) is 23.4. The number of hydrogen-bond donors (Lipinski definition) is 3. The molecule has 4 aliphatic heterocycles. The van der Waals surface area contributed by atoms with Crippen molar-refractivity contribution in [3.8, 4) is 28.1 Å². The molecule has 3 saturated heterocycles. The molecule has 6 atom stereocenters. The Kier molecular flexibility index (Phi) is 14.5. The Labute approximate surface area is 409 Å². The van der Waals surface area contributed by atoms with Gasteiger partial charge in [-0.2, -0.15) is 17.0 Å². The molecule has 3 amide bonds. The average Bonchev–Trinajstić information content (AvgIpc) is 3.90. The first kappa shape index (κ1) is 50.5. The van der Waals surface area contributed by atoms with Crippen molar-refractivity contribution in [3.05, 3.63) is 71.5 Å². The van der Waals surface area contributed by atoms with E-state index in [0.29, 0.717) is 36.9 Å². The molecule has 19 heteroatoms. The SMILES string of the molecule is CCc1ccncc1-c1c2c3cc(ccc3n1CC)-c1cc(O)cc(c1)C[C@H](NC(=O)[C@H](C(C)C)N(C)C(=O)[C@H]1CCN(S(=O)(=O)N3C[C@@H]3C(=O)OC)C1)C(=O)N1CCC[C@H](N1)C(=O)OCC(C)(C)C2. The number of hydrazine groups is 1. The van der Waals surface area contributed by atoms with E-state index in [1.54, 1.807) is 26.0 Å². The van der Waals surface area contributed by atoms with Crippen molar-refractivity contribution in [2.75, 3.05) is 46.9 Å². The van der Waals surface area contributed by atoms with Gasteiger partial charge >= 0.3 is 11.9 Å². The van der Waals surface area contributed by atoms with E-state index in [4.69, 9.17) is 9.47 Å². The second-order valence-corrected chi connectivity index (χ2v) is 22.1. The Morgan fingerprint density at radius 1 is 1.04 bits per heavy atom. The molecule has 0 spiro atoms. The van der Waals surface area contributed by atoms with Gasteiger partial charge in [0.25, 0.3) is 16.1 Å². The third-order valence-electron chi connectivity index (χ3n) is 14.2. The number of likely N-dealkylation sites (N-methyl/N-ethyl adjacent to an activating group) is 1. The highest BCUT2D eigenvalue weighted by Gasteiger charge is 2.53. The molecule has 4 aromatic rings. The topological polar surface area (TPSA) is 213 Å². The van der Waals surface area contributed by atoms with E-state index in [1.165, 1.54) is 28.4 Å². The number of carbonyl (C=O) groups is 5. The molecule has 0 saturated carbocycles. The summed E-state index contributed by atoms with van der Waals surface area (Å²) in [6, 6.07) is 9.37. The fourth-order valence-electron chi connectivity index (χ4n) is 10.6. The van der Waals surface area contributed by atoms with E-state index in [0.717, 1.165) is 49.6 Å². The summed E-state index contributed by atoms with van der Waals surface area (Å²) >= 11 is 0. The molecule has 4 aliphatic rings. The number of cyclic esters (lactones) is 1. The molecule has 3 fully saturated rings. The third kappa shape index (κ3) is 10.0. The van der Waals surface area contributed by atoms with Crippen LogP contribution in [0.5, 0.6) is 5.75 Å². The molecule has 2 aromatic heterocycles. The third-order valence-corrected chi connectivity index (χ3v) is 16.2. The van der Waals surface area contributed by atoms with Crippen molar-refractivity contribution in [1.29, 1.82) is 0 Å². The van der Waals surface area contributed by atoms with Gasteiger partial charge in [-0.15, -0.1) is 0 Å². The highest BCUT2D eigenvalue weighted by Crippen LogP contribution is 2.41. The Hall–Kier alpha value is -5.89. The first-order valence-corrected chi connectivity index (χ1v) is 25.7. The van der Waals surface area contributed by atoms with Crippen LogP contribution in [0.15, 0.2) is 54.9 Å². The lowest BCUT2D eigenvalue weighted by molar-refractivity contribution is -0.155. The lowest BCUT2D eigenvalue weighted by Crippen LogP contribution is -2.62. The number of aromatic nitrogens is 2. The summed E-state index contributed by atoms with van der Waals surface area (Å²) in [6.07, 6.45) is 6.14. The molecule has 0 aliphatic carbocycles. The van der Waals surface area contributed by atoms with Gasteiger partial charge in [0.15, 0.2) is 0 Å². The standard InChI is InChI=1S/C51H66N8O10S/c1-9-32-15-17-52-26-39(32)45-38-25-51(5,6)29-69-49(64)40-12-11-18-58(54-40)48(63)41(22-31-20-35(23-36(60)21-31)33-13-14-42(37(38)24-33)57(45)10-2)53-46(61)44(30(3)4)55(7)47(62)34-16-19-56(27-34)70(66,67)59-28-43(59)50(65)68-8/h13-15,17,20-21,23-24,26,30,34,40-41,43-44,54,60H,9-12,16,18-19,22,25,27-29H2,1-8H3,(H,53,61)/t34-,40-,41-,43+,44-,59?/m0/s1. The van der Waals surface area contributed by atoms with Crippen LogP contribution in [0.1, 0.15) is 77.5 Å². The predicted octanol–water partition coefficient (Wildman–Crippen LogP) is 4.21. The molecular weight excluding hydrogens is 917 g/mol. The van der Waals surface area contributed by atoms with E-state index in [1.807, 2.05) is 24.5 Å². The number of carbonyl (C=O) groups excluding carboxylic acids is 5. The van der Waals surface area contributed by atoms with Gasteiger partial charge in [-0.05, 0) is 103 Å². The van der Waals surface area contributed by atoms with Gasteiger partial charge in [-0.1, -0.05) is 46.8 Å². The number of ether oxygens (including phenoxy) is 2. The van der Waals surface area contributed by atoms with E-state index >= 15 is 0 Å². The van der Waals surface area contributed by atoms with Crippen LogP contribution in [0.2, 0.25) is 0 Å². The summed E-state index contributed by atoms with van der Waals surface area (Å²) in [4.78, 5) is 75.4. The Balaban J connectivity index is 1.13. The van der Waals surface area contributed by atoms with E-state index < -0.39 is 81.3 Å². The van der Waals surface area contributed by atoms with Crippen LogP contribution in [0, 0.1) is 17.3 Å². The number of methoxy groups -OCH3 is 1. The minimum absolute atomic E-state index is 0.00213. The van der Waals surface area contributed by atoms with Crippen LogP contribution in [0.25, 0.3) is 33.3 Å². The van der Waals surface area contributed by atoms with E-state index in [9.17, 15) is 37.5 Å². The number of pyridine rings is 1. The van der Waals surface area contributed by atoms with Crippen LogP contribution in [-0.2, 0) is 69.5 Å². The molecule has 6 heterocycles. The van der Waals surface area contributed by atoms with Gasteiger partial charge in [-0.25, -0.2) is 5.43 Å². The molecule has 18 nitrogen and oxygen atoms in total. The zero-order chi connectivity index (χ0) is 50.4. The number of nitrogens with one attached hydrogen (secondary N) is 2. The molecule has 70 heavy (non-hydrogen) atoms. The molecule has 376 valence electrons. The average molecular weight is 983 g/mol. The Morgan fingerprint density at radius 2 is 1.81 bits per heavy atom. The van der Waals surface area contributed by atoms with Gasteiger partial charge in [0.05, 0.1) is 25.3 Å². The minimum atomic E-state index is -4.03. The number of fused-ring (bicyclic) bond motifs is 6. The zero-order valence-electron chi connectivity index (χ0n) is 41.4. The summed E-state index contributed by atoms with van der Waals surface area (Å²) in [7, 11) is -1.34. The molecule has 2 aromatic carbocycles. The number of amides is 3. The monoisotopic (exact) mass is 982 g/mol. The molecule has 0 radical (unpaired) electrons. The van der Waals surface area contributed by atoms with E-state index in [-0.39, 0.29) is 51.4 Å². The fraction of sp³-hybridized carbons (Fsp3) is 0.529. The largest absolute Gasteiger partial charge is 0.508 e. The number of aromatic hydroxyl groups is 1. The van der Waals surface area contributed by atoms with Crippen LogP contribution in [-0.4, -0.2) is 142 Å².